The fourth-order valence-electron chi connectivity index (χ4n) is 3.93. The van der Waals surface area contributed by atoms with Crippen LogP contribution in [-0.4, -0.2) is 49.1 Å². The van der Waals surface area contributed by atoms with Gasteiger partial charge in [-0.25, -0.2) is 10.4 Å². The van der Waals surface area contributed by atoms with Gasteiger partial charge in [-0.3, -0.25) is 4.79 Å². The molecule has 29 heavy (non-hydrogen) atoms. The standard InChI is InChI=1S/C21H26N5O3/c1-15-12-17(26(28)22-2)6-7-18(15)25-10-11-29-19-13-16(14-23-20(19)25)21(27)24-8-4-3-5-9-24/h6-7,12-14,22H,3-5,8-11H2,1-2H3/q-1. The molecule has 0 bridgehead atoms. The van der Waals surface area contributed by atoms with Crippen molar-refractivity contribution in [1.29, 1.82) is 0 Å². The van der Waals surface area contributed by atoms with Crippen LogP contribution in [0.1, 0.15) is 35.2 Å². The lowest BCUT2D eigenvalue weighted by Gasteiger charge is -2.33. The van der Waals surface area contributed by atoms with Gasteiger partial charge in [-0.15, -0.1) is 0 Å². The Balaban J connectivity index is 1.61. The number of piperidine rings is 1. The number of hydrogen-bond acceptors (Lipinski definition) is 7. The third-order valence-electron chi connectivity index (χ3n) is 5.46. The summed E-state index contributed by atoms with van der Waals surface area (Å²) in [6, 6.07) is 7.32. The van der Waals surface area contributed by atoms with Gasteiger partial charge in [0, 0.05) is 37.7 Å². The second-order valence-corrected chi connectivity index (χ2v) is 7.39. The van der Waals surface area contributed by atoms with E-state index in [1.807, 2.05) is 24.0 Å². The van der Waals surface area contributed by atoms with Crippen LogP contribution in [0.2, 0.25) is 0 Å². The average Bonchev–Trinajstić information content (AvgIpc) is 2.78. The van der Waals surface area contributed by atoms with Gasteiger partial charge in [-0.05, 0) is 56.0 Å². The molecule has 154 valence electrons. The first-order valence-electron chi connectivity index (χ1n) is 10.0. The van der Waals surface area contributed by atoms with Crippen molar-refractivity contribution in [2.24, 2.45) is 0 Å². The predicted octanol–water partition coefficient (Wildman–Crippen LogP) is 2.99. The molecular formula is C21H26N5O3-. The van der Waals surface area contributed by atoms with Gasteiger partial charge in [0.25, 0.3) is 5.91 Å². The number of hydrogen-bond donors (Lipinski definition) is 1. The third kappa shape index (κ3) is 3.86. The summed E-state index contributed by atoms with van der Waals surface area (Å²) in [7, 11) is 1.58. The van der Waals surface area contributed by atoms with E-state index in [4.69, 9.17) is 4.74 Å². The summed E-state index contributed by atoms with van der Waals surface area (Å²) in [4.78, 5) is 21.3. The van der Waals surface area contributed by atoms with Crippen molar-refractivity contribution in [3.8, 4) is 5.75 Å². The summed E-state index contributed by atoms with van der Waals surface area (Å²) in [5.41, 5.74) is 5.59. The van der Waals surface area contributed by atoms with Crippen molar-refractivity contribution in [2.75, 3.05) is 43.4 Å². The number of carbonyl (C=O) groups excluding carboxylic acids is 1. The number of aromatic nitrogens is 1. The highest BCUT2D eigenvalue weighted by Crippen LogP contribution is 2.37. The summed E-state index contributed by atoms with van der Waals surface area (Å²) < 4.78 is 5.83. The lowest BCUT2D eigenvalue weighted by Crippen LogP contribution is -2.36. The molecule has 4 rings (SSSR count). The number of benzene rings is 1. The number of aryl methyl sites for hydroxylation is 1. The van der Waals surface area contributed by atoms with Crippen LogP contribution in [0.4, 0.5) is 17.2 Å². The van der Waals surface area contributed by atoms with E-state index >= 15 is 0 Å². The number of pyridine rings is 1. The largest absolute Gasteiger partial charge is 0.743 e. The van der Waals surface area contributed by atoms with Crippen LogP contribution in [0.25, 0.3) is 0 Å². The highest BCUT2D eigenvalue weighted by molar-refractivity contribution is 5.95. The van der Waals surface area contributed by atoms with Gasteiger partial charge in [-0.1, -0.05) is 0 Å². The smallest absolute Gasteiger partial charge is 0.255 e. The number of likely N-dealkylation sites (tertiary alicyclic amines) is 1. The molecule has 2 aliphatic heterocycles. The van der Waals surface area contributed by atoms with Crippen molar-refractivity contribution < 1.29 is 9.53 Å². The Bertz CT molecular complexity index is 898. The molecule has 0 spiro atoms. The molecule has 1 saturated heterocycles. The van der Waals surface area contributed by atoms with Crippen molar-refractivity contribution in [3.63, 3.8) is 0 Å². The number of nitrogens with zero attached hydrogens (tertiary/aromatic N) is 4. The van der Waals surface area contributed by atoms with E-state index in [1.165, 1.54) is 6.42 Å². The molecule has 8 nitrogen and oxygen atoms in total. The summed E-state index contributed by atoms with van der Waals surface area (Å²) >= 11 is 0. The second kappa shape index (κ2) is 8.26. The molecule has 1 N–H and O–H groups in total. The van der Waals surface area contributed by atoms with Crippen LogP contribution >= 0.6 is 0 Å². The van der Waals surface area contributed by atoms with Gasteiger partial charge < -0.3 is 24.9 Å². The summed E-state index contributed by atoms with van der Waals surface area (Å²) in [6.45, 7) is 4.72. The summed E-state index contributed by atoms with van der Waals surface area (Å²) in [6.07, 6.45) is 4.93. The first-order valence-corrected chi connectivity index (χ1v) is 10.0. The molecule has 3 heterocycles. The molecule has 0 atom stereocenters. The Morgan fingerprint density at radius 3 is 2.72 bits per heavy atom. The molecule has 0 aliphatic carbocycles. The number of amides is 1. The number of rotatable bonds is 4. The Kier molecular flexibility index (Phi) is 5.55. The van der Waals surface area contributed by atoms with E-state index in [1.54, 1.807) is 25.4 Å². The molecule has 1 aromatic heterocycles. The lowest BCUT2D eigenvalue weighted by molar-refractivity contribution is 0.0723. The van der Waals surface area contributed by atoms with Crippen LogP contribution in [0.15, 0.2) is 30.5 Å². The number of nitrogens with one attached hydrogen (secondary N) is 1. The summed E-state index contributed by atoms with van der Waals surface area (Å²) in [5, 5.41) is 12.5. The normalized spacial score (nSPS) is 16.2. The Morgan fingerprint density at radius 2 is 2.00 bits per heavy atom. The molecule has 0 unspecified atom stereocenters. The van der Waals surface area contributed by atoms with Crippen molar-refractivity contribution in [2.45, 2.75) is 26.2 Å². The summed E-state index contributed by atoms with van der Waals surface area (Å²) in [5.74, 6) is 1.32. The number of fused-ring (bicyclic) bond motifs is 1. The van der Waals surface area contributed by atoms with E-state index in [9.17, 15) is 10.0 Å². The fraction of sp³-hybridized carbons (Fsp3) is 0.429. The highest BCUT2D eigenvalue weighted by Gasteiger charge is 2.25. The van der Waals surface area contributed by atoms with Crippen molar-refractivity contribution >= 4 is 23.1 Å². The maximum Gasteiger partial charge on any atom is 0.255 e. The van der Waals surface area contributed by atoms with Crippen LogP contribution < -0.4 is 20.2 Å². The van der Waals surface area contributed by atoms with Crippen LogP contribution in [-0.2, 0) is 0 Å². The minimum absolute atomic E-state index is 0.0175. The third-order valence-corrected chi connectivity index (χ3v) is 5.46. The van der Waals surface area contributed by atoms with Crippen molar-refractivity contribution in [3.05, 3.63) is 46.8 Å². The number of ether oxygens (including phenoxy) is 1. The number of carbonyl (C=O) groups is 1. The maximum absolute atomic E-state index is 12.8. The number of anilines is 3. The monoisotopic (exact) mass is 396 g/mol. The van der Waals surface area contributed by atoms with Gasteiger partial charge in [0.2, 0.25) is 0 Å². The maximum atomic E-state index is 12.8. The van der Waals surface area contributed by atoms with E-state index in [0.29, 0.717) is 36.0 Å². The van der Waals surface area contributed by atoms with Crippen LogP contribution in [0.3, 0.4) is 0 Å². The first kappa shape index (κ1) is 19.5. The molecule has 2 aromatic rings. The minimum atomic E-state index is 0.0175. The van der Waals surface area contributed by atoms with Crippen LogP contribution in [0, 0.1) is 12.1 Å². The Morgan fingerprint density at radius 1 is 1.21 bits per heavy atom. The zero-order valence-corrected chi connectivity index (χ0v) is 16.9. The molecule has 2 aliphatic rings. The van der Waals surface area contributed by atoms with Gasteiger partial charge in [0.05, 0.1) is 12.1 Å². The first-order chi connectivity index (χ1) is 14.1. The molecule has 0 radical (unpaired) electrons. The van der Waals surface area contributed by atoms with E-state index in [2.05, 4.69) is 15.3 Å². The van der Waals surface area contributed by atoms with E-state index in [-0.39, 0.29) is 5.91 Å². The topological polar surface area (TPSA) is 84.0 Å². The fourth-order valence-corrected chi connectivity index (χ4v) is 3.93. The zero-order chi connectivity index (χ0) is 20.4. The van der Waals surface area contributed by atoms with E-state index < -0.39 is 0 Å². The molecule has 1 amide bonds. The van der Waals surface area contributed by atoms with Gasteiger partial charge in [0.15, 0.2) is 11.6 Å². The molecule has 1 aromatic carbocycles. The molecular weight excluding hydrogens is 370 g/mol. The zero-order valence-electron chi connectivity index (χ0n) is 16.9. The highest BCUT2D eigenvalue weighted by atomic mass is 16.5. The Labute approximate surface area is 170 Å². The number of hydrazine groups is 1. The SMILES string of the molecule is CNN([O-])c1ccc(N2CCOc3cc(C(=O)N4CCCCC4)cnc32)c(C)c1. The molecule has 1 fully saturated rings. The van der Waals surface area contributed by atoms with Gasteiger partial charge >= 0.3 is 0 Å². The van der Waals surface area contributed by atoms with E-state index in [0.717, 1.165) is 42.4 Å². The lowest BCUT2D eigenvalue weighted by atomic mass is 10.1. The minimum Gasteiger partial charge on any atom is -0.743 e. The van der Waals surface area contributed by atoms with Gasteiger partial charge in [0.1, 0.15) is 6.61 Å². The van der Waals surface area contributed by atoms with Crippen molar-refractivity contribution in [1.82, 2.24) is 15.3 Å². The predicted molar refractivity (Wildman–Crippen MR) is 113 cm³/mol. The second-order valence-electron chi connectivity index (χ2n) is 7.39. The Hall–Kier alpha value is -2.84. The van der Waals surface area contributed by atoms with Crippen LogP contribution in [0.5, 0.6) is 5.75 Å². The quantitative estimate of drug-likeness (QED) is 0.796. The van der Waals surface area contributed by atoms with Gasteiger partial charge in [-0.2, -0.15) is 0 Å². The average molecular weight is 396 g/mol. The molecule has 0 saturated carbocycles. The molecule has 8 heteroatoms.